The van der Waals surface area contributed by atoms with Crippen LogP contribution in [0.5, 0.6) is 0 Å². The van der Waals surface area contributed by atoms with Crippen molar-refractivity contribution in [3.8, 4) is 0 Å². The molecule has 6 unspecified atom stereocenters. The molecule has 4 nitrogen and oxygen atoms in total. The first-order valence-electron chi connectivity index (χ1n) is 13.8. The lowest BCUT2D eigenvalue weighted by Crippen LogP contribution is -2.32. The van der Waals surface area contributed by atoms with Gasteiger partial charge in [-0.1, -0.05) is 78.4 Å². The van der Waals surface area contributed by atoms with Crippen molar-refractivity contribution in [2.24, 2.45) is 10.8 Å². The predicted molar refractivity (Wildman–Crippen MR) is 147 cm³/mol. The molecule has 2 fully saturated rings. The van der Waals surface area contributed by atoms with Crippen molar-refractivity contribution in [3.63, 3.8) is 0 Å². The highest BCUT2D eigenvalue weighted by atomic mass is 32.2. The largest absolute Gasteiger partial charge is 0.396 e. The fourth-order valence-electron chi connectivity index (χ4n) is 5.28. The highest BCUT2D eigenvalue weighted by Crippen LogP contribution is 2.31. The van der Waals surface area contributed by atoms with E-state index in [1.165, 1.54) is 0 Å². The van der Waals surface area contributed by atoms with Crippen molar-refractivity contribution in [1.29, 1.82) is 0 Å². The molecule has 0 aromatic heterocycles. The van der Waals surface area contributed by atoms with Gasteiger partial charge < -0.3 is 10.2 Å². The second-order valence-corrected chi connectivity index (χ2v) is 16.2. The van der Waals surface area contributed by atoms with Crippen LogP contribution in [0.3, 0.4) is 0 Å². The SMILES string of the molecule is CC(C)(CO)CCCCC1CCCC(/C=C\C2CCCC(CCCCC(C)(C)CO)S2=O)S1=O. The summed E-state index contributed by atoms with van der Waals surface area (Å²) in [5, 5.41) is 19.7. The Morgan fingerprint density at radius 2 is 1.06 bits per heavy atom. The van der Waals surface area contributed by atoms with Gasteiger partial charge in [0.15, 0.2) is 0 Å². The molecule has 2 aliphatic heterocycles. The molecule has 6 atom stereocenters. The van der Waals surface area contributed by atoms with E-state index in [1.54, 1.807) is 0 Å². The lowest BCUT2D eigenvalue weighted by molar-refractivity contribution is 0.147. The molecule has 2 aliphatic rings. The van der Waals surface area contributed by atoms with E-state index in [0.717, 1.165) is 89.9 Å². The average Bonchev–Trinajstić information content (AvgIpc) is 2.81. The molecule has 0 amide bonds. The quantitative estimate of drug-likeness (QED) is 0.218. The molecule has 2 rings (SSSR count). The molecule has 34 heavy (non-hydrogen) atoms. The molecular weight excluding hydrogens is 464 g/mol. The molecule has 2 N–H and O–H groups in total. The smallest absolute Gasteiger partial charge is 0.0530 e. The summed E-state index contributed by atoms with van der Waals surface area (Å²) < 4.78 is 26.4. The molecular formula is C28H52O4S2. The van der Waals surface area contributed by atoms with Gasteiger partial charge in [-0.2, -0.15) is 0 Å². The second kappa shape index (κ2) is 14.6. The summed E-state index contributed by atoms with van der Waals surface area (Å²) in [4.78, 5) is 0. The standard InChI is InChI=1S/C28H52O4S2/c1-27(2,21-29)19-7-5-11-23-13-9-15-25(33(23)31)17-18-26-16-10-14-24(34(26)32)12-6-8-20-28(3,4)22-30/h17-18,23-26,29-30H,5-16,19-22H2,1-4H3/b18-17-. The van der Waals surface area contributed by atoms with Gasteiger partial charge in [0.1, 0.15) is 0 Å². The summed E-state index contributed by atoms with van der Waals surface area (Å²) in [5.41, 5.74) is -0.0268. The zero-order valence-corrected chi connectivity index (χ0v) is 23.9. The Bertz CT molecular complexity index is 617. The van der Waals surface area contributed by atoms with Gasteiger partial charge in [0.25, 0.3) is 0 Å². The summed E-state index contributed by atoms with van der Waals surface area (Å²) in [6.07, 6.45) is 19.1. The van der Waals surface area contributed by atoms with Gasteiger partial charge in [0, 0.05) is 45.3 Å². The molecule has 0 aromatic rings. The molecule has 0 aromatic carbocycles. The van der Waals surface area contributed by atoms with Crippen LogP contribution in [0.25, 0.3) is 0 Å². The number of aliphatic hydroxyl groups excluding tert-OH is 2. The molecule has 6 heteroatoms. The van der Waals surface area contributed by atoms with Gasteiger partial charge in [0.2, 0.25) is 0 Å². The first-order valence-corrected chi connectivity index (χ1v) is 16.3. The van der Waals surface area contributed by atoms with E-state index in [4.69, 9.17) is 0 Å². The molecule has 2 heterocycles. The van der Waals surface area contributed by atoms with Crippen LogP contribution in [0.1, 0.15) is 118 Å². The fraction of sp³-hybridized carbons (Fsp3) is 0.929. The van der Waals surface area contributed by atoms with Crippen LogP contribution in [-0.4, -0.2) is 52.8 Å². The third-order valence-corrected chi connectivity index (χ3v) is 12.2. The minimum absolute atomic E-state index is 0.0134. The number of aliphatic hydroxyl groups is 2. The zero-order chi connectivity index (χ0) is 25.2. The van der Waals surface area contributed by atoms with Gasteiger partial charge in [-0.05, 0) is 62.2 Å². The van der Waals surface area contributed by atoms with E-state index in [1.807, 2.05) is 0 Å². The van der Waals surface area contributed by atoms with Crippen molar-refractivity contribution < 1.29 is 18.6 Å². The molecule has 0 radical (unpaired) electrons. The Morgan fingerprint density at radius 3 is 1.41 bits per heavy atom. The van der Waals surface area contributed by atoms with Crippen LogP contribution in [0, 0.1) is 10.8 Å². The molecule has 2 saturated heterocycles. The molecule has 0 bridgehead atoms. The minimum atomic E-state index is -0.838. The first kappa shape index (κ1) is 30.2. The first-order chi connectivity index (χ1) is 16.1. The van der Waals surface area contributed by atoms with Crippen molar-refractivity contribution in [2.75, 3.05) is 13.2 Å². The van der Waals surface area contributed by atoms with E-state index in [0.29, 0.717) is 0 Å². The normalized spacial score (nSPS) is 31.2. The zero-order valence-electron chi connectivity index (χ0n) is 22.3. The number of hydrogen-bond acceptors (Lipinski definition) is 4. The molecule has 0 saturated carbocycles. The van der Waals surface area contributed by atoms with Crippen molar-refractivity contribution >= 4 is 21.6 Å². The summed E-state index contributed by atoms with van der Waals surface area (Å²) in [6.45, 7) is 8.85. The van der Waals surface area contributed by atoms with Crippen molar-refractivity contribution in [3.05, 3.63) is 12.2 Å². The average molecular weight is 517 g/mol. The molecule has 0 aliphatic carbocycles. The maximum absolute atomic E-state index is 13.2. The predicted octanol–water partition coefficient (Wildman–Crippen LogP) is 6.04. The van der Waals surface area contributed by atoms with Crippen LogP contribution in [0.2, 0.25) is 0 Å². The maximum Gasteiger partial charge on any atom is 0.0530 e. The monoisotopic (exact) mass is 516 g/mol. The molecule has 0 spiro atoms. The van der Waals surface area contributed by atoms with Crippen LogP contribution in [0.4, 0.5) is 0 Å². The Morgan fingerprint density at radius 1 is 0.676 bits per heavy atom. The third kappa shape index (κ3) is 10.1. The van der Waals surface area contributed by atoms with Gasteiger partial charge >= 0.3 is 0 Å². The van der Waals surface area contributed by atoms with E-state index < -0.39 is 21.6 Å². The second-order valence-electron chi connectivity index (χ2n) is 12.4. The van der Waals surface area contributed by atoms with Gasteiger partial charge in [-0.15, -0.1) is 0 Å². The van der Waals surface area contributed by atoms with E-state index >= 15 is 0 Å². The summed E-state index contributed by atoms with van der Waals surface area (Å²) in [7, 11) is -1.68. The third-order valence-electron chi connectivity index (χ3n) is 7.94. The Labute approximate surface area is 214 Å². The highest BCUT2D eigenvalue weighted by molar-refractivity contribution is 7.86. The van der Waals surface area contributed by atoms with Crippen LogP contribution < -0.4 is 0 Å². The fourth-order valence-corrected chi connectivity index (χ4v) is 9.15. The van der Waals surface area contributed by atoms with E-state index in [9.17, 15) is 18.6 Å². The number of rotatable bonds is 14. The minimum Gasteiger partial charge on any atom is -0.396 e. The van der Waals surface area contributed by atoms with E-state index in [2.05, 4.69) is 39.8 Å². The van der Waals surface area contributed by atoms with Crippen LogP contribution in [-0.2, 0) is 21.6 Å². The summed E-state index contributed by atoms with van der Waals surface area (Å²) >= 11 is 0. The Kier molecular flexibility index (Phi) is 13.0. The number of unbranched alkanes of at least 4 members (excludes halogenated alkanes) is 2. The van der Waals surface area contributed by atoms with Gasteiger partial charge in [0.05, 0.1) is 10.5 Å². The Balaban J connectivity index is 1.79. The van der Waals surface area contributed by atoms with Crippen LogP contribution in [0.15, 0.2) is 12.2 Å². The summed E-state index contributed by atoms with van der Waals surface area (Å²) in [5.74, 6) is 0. The van der Waals surface area contributed by atoms with Crippen molar-refractivity contribution in [1.82, 2.24) is 0 Å². The Hall–Kier alpha value is -0.0400. The lowest BCUT2D eigenvalue weighted by atomic mass is 9.88. The van der Waals surface area contributed by atoms with Gasteiger partial charge in [-0.3, -0.25) is 8.42 Å². The lowest BCUT2D eigenvalue weighted by Gasteiger charge is -2.29. The van der Waals surface area contributed by atoms with Crippen molar-refractivity contribution in [2.45, 2.75) is 139 Å². The topological polar surface area (TPSA) is 74.6 Å². The maximum atomic E-state index is 13.2. The van der Waals surface area contributed by atoms with Gasteiger partial charge in [-0.25, -0.2) is 0 Å². The number of hydrogen-bond donors (Lipinski definition) is 2. The highest BCUT2D eigenvalue weighted by Gasteiger charge is 2.31. The summed E-state index contributed by atoms with van der Waals surface area (Å²) in [6, 6.07) is 0. The van der Waals surface area contributed by atoms with E-state index in [-0.39, 0.29) is 45.0 Å². The molecule has 200 valence electrons. The van der Waals surface area contributed by atoms with Crippen LogP contribution >= 0.6 is 0 Å².